The molecule has 3 amide bonds. The highest BCUT2D eigenvalue weighted by atomic mass is 35.5. The molecule has 0 spiro atoms. The van der Waals surface area contributed by atoms with Crippen LogP contribution in [0.25, 0.3) is 17.1 Å². The van der Waals surface area contributed by atoms with Crippen molar-refractivity contribution < 1.29 is 23.9 Å². The molecule has 0 saturated carbocycles. The summed E-state index contributed by atoms with van der Waals surface area (Å²) in [6.07, 6.45) is 4.59. The molecule has 0 unspecified atom stereocenters. The van der Waals surface area contributed by atoms with Crippen LogP contribution in [0.15, 0.2) is 66.9 Å². The Bertz CT molecular complexity index is 1680. The number of hydrogen-bond acceptors (Lipinski definition) is 7. The smallest absolute Gasteiger partial charge is 0.250 e. The number of likely N-dealkylation sites (N-methyl/N-ethyl adjacent to an activating group) is 1. The average molecular weight is 623 g/mol. The highest BCUT2D eigenvalue weighted by molar-refractivity contribution is 6.38. The van der Waals surface area contributed by atoms with Gasteiger partial charge in [0.25, 0.3) is 0 Å². The van der Waals surface area contributed by atoms with Crippen LogP contribution in [-0.4, -0.2) is 55.0 Å². The predicted octanol–water partition coefficient (Wildman–Crippen LogP) is 5.20. The van der Waals surface area contributed by atoms with Gasteiger partial charge in [0, 0.05) is 42.7 Å². The Balaban J connectivity index is 1.35. The Morgan fingerprint density at radius 3 is 2.56 bits per heavy atom. The molecule has 0 radical (unpaired) electrons. The van der Waals surface area contributed by atoms with Gasteiger partial charge in [-0.2, -0.15) is 0 Å². The highest BCUT2D eigenvalue weighted by Crippen LogP contribution is 2.35. The minimum Gasteiger partial charge on any atom is -0.486 e. The van der Waals surface area contributed by atoms with E-state index in [1.54, 1.807) is 61.8 Å². The van der Waals surface area contributed by atoms with Crippen molar-refractivity contribution in [3.05, 3.63) is 93.7 Å². The second-order valence-corrected chi connectivity index (χ2v) is 10.2. The summed E-state index contributed by atoms with van der Waals surface area (Å²) < 4.78 is 10.8. The maximum atomic E-state index is 12.9. The summed E-state index contributed by atoms with van der Waals surface area (Å²) in [5.74, 6) is -0.593. The molecule has 0 fully saturated rings. The number of aromatic nitrogens is 2. The van der Waals surface area contributed by atoms with Gasteiger partial charge in [-0.05, 0) is 55.0 Å². The van der Waals surface area contributed by atoms with Crippen LogP contribution < -0.4 is 20.3 Å². The van der Waals surface area contributed by atoms with E-state index in [0.29, 0.717) is 38.7 Å². The van der Waals surface area contributed by atoms with Crippen LogP contribution in [0.5, 0.6) is 5.75 Å². The van der Waals surface area contributed by atoms with Gasteiger partial charge in [0.15, 0.2) is 0 Å². The van der Waals surface area contributed by atoms with Crippen LogP contribution in [0.2, 0.25) is 10.0 Å². The lowest BCUT2D eigenvalue weighted by atomic mass is 10.2. The van der Waals surface area contributed by atoms with Crippen molar-refractivity contribution in [1.29, 1.82) is 0 Å². The zero-order valence-corrected chi connectivity index (χ0v) is 25.2. The number of amides is 3. The van der Waals surface area contributed by atoms with Gasteiger partial charge in [-0.25, -0.2) is 4.98 Å². The first-order valence-corrected chi connectivity index (χ1v) is 13.8. The molecule has 0 aliphatic carbocycles. The van der Waals surface area contributed by atoms with Crippen molar-refractivity contribution in [1.82, 2.24) is 15.3 Å². The molecule has 4 aromatic rings. The number of para-hydroxylation sites is 1. The van der Waals surface area contributed by atoms with Gasteiger partial charge < -0.3 is 25.0 Å². The van der Waals surface area contributed by atoms with E-state index in [-0.39, 0.29) is 30.7 Å². The topological polar surface area (TPSA) is 123 Å². The summed E-state index contributed by atoms with van der Waals surface area (Å²) in [5.41, 5.74) is 4.30. The van der Waals surface area contributed by atoms with Crippen LogP contribution in [0.3, 0.4) is 0 Å². The average Bonchev–Trinajstić information content (AvgIpc) is 2.99. The molecule has 43 heavy (non-hydrogen) atoms. The molecule has 222 valence electrons. The number of fused-ring (bicyclic) bond motifs is 1. The van der Waals surface area contributed by atoms with Crippen LogP contribution in [0.1, 0.15) is 16.8 Å². The number of benzene rings is 3. The van der Waals surface area contributed by atoms with Crippen LogP contribution >= 0.6 is 23.2 Å². The summed E-state index contributed by atoms with van der Waals surface area (Å²) in [5, 5.41) is 5.89. The summed E-state index contributed by atoms with van der Waals surface area (Å²) in [6.45, 7) is 1.57. The Labute approximate surface area is 258 Å². The fourth-order valence-corrected chi connectivity index (χ4v) is 4.60. The van der Waals surface area contributed by atoms with E-state index in [9.17, 15) is 14.4 Å². The zero-order valence-electron chi connectivity index (χ0n) is 23.7. The first kappa shape index (κ1) is 31.4. The molecule has 0 saturated heterocycles. The van der Waals surface area contributed by atoms with Gasteiger partial charge in [-0.3, -0.25) is 19.4 Å². The van der Waals surface area contributed by atoms with Gasteiger partial charge >= 0.3 is 0 Å². The Hall–Kier alpha value is -4.51. The van der Waals surface area contributed by atoms with E-state index in [0.717, 1.165) is 11.3 Å². The number of nitrogens with zero attached hydrogens (tertiary/aromatic N) is 3. The maximum Gasteiger partial charge on any atom is 0.250 e. The molecule has 12 heteroatoms. The molecule has 10 nitrogen and oxygen atoms in total. The van der Waals surface area contributed by atoms with Crippen molar-refractivity contribution in [2.45, 2.75) is 13.5 Å². The van der Waals surface area contributed by atoms with Gasteiger partial charge in [-0.1, -0.05) is 41.4 Å². The summed E-state index contributed by atoms with van der Waals surface area (Å²) in [7, 11) is 2.99. The Kier molecular flexibility index (Phi) is 10.7. The number of nitrogens with one attached hydrogen (secondary N) is 2. The van der Waals surface area contributed by atoms with E-state index in [4.69, 9.17) is 32.7 Å². The highest BCUT2D eigenvalue weighted by Gasteiger charge is 2.19. The van der Waals surface area contributed by atoms with Crippen molar-refractivity contribution in [3.8, 4) is 5.75 Å². The van der Waals surface area contributed by atoms with Crippen molar-refractivity contribution in [3.63, 3.8) is 0 Å². The molecule has 0 atom stereocenters. The minimum atomic E-state index is -0.455. The largest absolute Gasteiger partial charge is 0.486 e. The zero-order chi connectivity index (χ0) is 30.9. The quantitative estimate of drug-likeness (QED) is 0.221. The number of aryl methyl sites for hydroxylation is 1. The van der Waals surface area contributed by atoms with Gasteiger partial charge in [0.1, 0.15) is 24.5 Å². The first-order valence-electron chi connectivity index (χ1n) is 13.1. The maximum absolute atomic E-state index is 12.9. The number of halogens is 2. The van der Waals surface area contributed by atoms with E-state index in [2.05, 4.69) is 20.6 Å². The fourth-order valence-electron chi connectivity index (χ4n) is 3.99. The summed E-state index contributed by atoms with van der Waals surface area (Å²) in [4.78, 5) is 47.1. The van der Waals surface area contributed by atoms with Gasteiger partial charge in [0.2, 0.25) is 17.7 Å². The minimum absolute atomic E-state index is 0.0321. The number of methoxy groups -OCH3 is 1. The Morgan fingerprint density at radius 2 is 1.81 bits per heavy atom. The fraction of sp³-hybridized carbons (Fsp3) is 0.194. The van der Waals surface area contributed by atoms with E-state index < -0.39 is 11.8 Å². The molecule has 4 rings (SSSR count). The van der Waals surface area contributed by atoms with Gasteiger partial charge in [-0.15, -0.1) is 0 Å². The second kappa shape index (κ2) is 14.6. The number of rotatable bonds is 11. The lowest BCUT2D eigenvalue weighted by Gasteiger charge is -2.21. The number of ether oxygens (including phenoxy) is 2. The lowest BCUT2D eigenvalue weighted by Crippen LogP contribution is -2.37. The first-order chi connectivity index (χ1) is 20.7. The van der Waals surface area contributed by atoms with Crippen LogP contribution in [-0.2, 0) is 25.7 Å². The molecular weight excluding hydrogens is 593 g/mol. The molecule has 1 aromatic heterocycles. The van der Waals surface area contributed by atoms with E-state index in [1.165, 1.54) is 18.1 Å². The third-order valence-corrected chi connectivity index (χ3v) is 7.02. The van der Waals surface area contributed by atoms with E-state index >= 15 is 0 Å². The van der Waals surface area contributed by atoms with Crippen molar-refractivity contribution in [2.75, 3.05) is 37.5 Å². The van der Waals surface area contributed by atoms with Crippen LogP contribution in [0, 0.1) is 6.92 Å². The van der Waals surface area contributed by atoms with Crippen molar-refractivity contribution >= 4 is 69.4 Å². The number of anilines is 2. The van der Waals surface area contributed by atoms with Crippen molar-refractivity contribution in [2.24, 2.45) is 0 Å². The second-order valence-electron chi connectivity index (χ2n) is 9.39. The molecule has 2 N–H and O–H groups in total. The molecule has 0 aliphatic rings. The molecule has 0 aliphatic heterocycles. The lowest BCUT2D eigenvalue weighted by molar-refractivity contribution is -0.122. The summed E-state index contributed by atoms with van der Waals surface area (Å²) in [6, 6.07) is 15.6. The van der Waals surface area contributed by atoms with E-state index in [1.807, 2.05) is 19.1 Å². The third-order valence-electron chi connectivity index (χ3n) is 6.24. The summed E-state index contributed by atoms with van der Waals surface area (Å²) >= 11 is 13.1. The molecule has 0 bridgehead atoms. The number of carbonyl (C=O) groups is 3. The van der Waals surface area contributed by atoms with Crippen LogP contribution in [0.4, 0.5) is 11.4 Å². The monoisotopic (exact) mass is 621 g/mol. The Morgan fingerprint density at radius 1 is 1.05 bits per heavy atom. The molecular formula is C31H29Cl2N5O5. The molecule has 3 aromatic carbocycles. The third kappa shape index (κ3) is 8.29. The predicted molar refractivity (Wildman–Crippen MR) is 167 cm³/mol. The van der Waals surface area contributed by atoms with Gasteiger partial charge in [0.05, 0.1) is 28.5 Å². The number of hydrogen-bond donors (Lipinski definition) is 2. The normalized spacial score (nSPS) is 11.0. The SMILES string of the molecule is COCC(=O)Nc1ccc(C=CC(=O)NCC(=O)N(C)c2ccc(Cl)c(COc3cccc4ncc(C)nc34)c2Cl)cc1. The standard InChI is InChI=1S/C31H29Cl2N5O5/c1-19-15-34-24-5-4-6-26(31(24)36-19)43-17-22-23(32)12-13-25(30(22)33)38(2)29(41)16-35-27(39)14-9-20-7-10-21(11-8-20)37-28(40)18-42-3/h4-15H,16-18H2,1-3H3,(H,35,39)(H,37,40). The molecule has 1 heterocycles. The number of carbonyl (C=O) groups excluding carboxylic acids is 3.